The van der Waals surface area contributed by atoms with Crippen molar-refractivity contribution in [2.75, 3.05) is 18.4 Å². The highest BCUT2D eigenvalue weighted by atomic mass is 19.1. The topological polar surface area (TPSA) is 69.6 Å². The van der Waals surface area contributed by atoms with Gasteiger partial charge in [-0.1, -0.05) is 6.92 Å². The molecule has 1 unspecified atom stereocenters. The summed E-state index contributed by atoms with van der Waals surface area (Å²) in [5.74, 6) is -3.16. The van der Waals surface area contributed by atoms with E-state index in [0.29, 0.717) is 12.5 Å². The third-order valence-electron chi connectivity index (χ3n) is 3.05. The largest absolute Gasteiger partial charge is 0.480 e. The fraction of sp³-hybridized carbons (Fsp3) is 0.429. The van der Waals surface area contributed by atoms with Crippen molar-refractivity contribution in [2.24, 2.45) is 0 Å². The predicted molar refractivity (Wildman–Crippen MR) is 73.9 cm³/mol. The second-order valence-electron chi connectivity index (χ2n) is 4.76. The van der Waals surface area contributed by atoms with Gasteiger partial charge in [-0.3, -0.25) is 14.5 Å². The quantitative estimate of drug-likeness (QED) is 0.809. The summed E-state index contributed by atoms with van der Waals surface area (Å²) in [7, 11) is 0. The van der Waals surface area contributed by atoms with Gasteiger partial charge in [-0.2, -0.15) is 0 Å². The van der Waals surface area contributed by atoms with Crippen molar-refractivity contribution < 1.29 is 23.5 Å². The van der Waals surface area contributed by atoms with Gasteiger partial charge >= 0.3 is 5.97 Å². The molecular weight excluding hydrogens is 282 g/mol. The molecule has 0 saturated heterocycles. The van der Waals surface area contributed by atoms with Gasteiger partial charge in [-0.15, -0.1) is 0 Å². The van der Waals surface area contributed by atoms with Crippen LogP contribution in [0.2, 0.25) is 0 Å². The van der Waals surface area contributed by atoms with E-state index in [1.165, 1.54) is 4.90 Å². The number of hydrogen-bond donors (Lipinski definition) is 2. The van der Waals surface area contributed by atoms with Crippen molar-refractivity contribution in [3.8, 4) is 0 Å². The molecule has 0 aliphatic heterocycles. The molecule has 0 aliphatic rings. The van der Waals surface area contributed by atoms with Crippen LogP contribution in [0.15, 0.2) is 18.2 Å². The number of benzene rings is 1. The smallest absolute Gasteiger partial charge is 0.317 e. The van der Waals surface area contributed by atoms with Crippen LogP contribution in [0.25, 0.3) is 0 Å². The van der Waals surface area contributed by atoms with Crippen LogP contribution in [-0.2, 0) is 9.59 Å². The van der Waals surface area contributed by atoms with Crippen molar-refractivity contribution in [2.45, 2.75) is 26.3 Å². The van der Waals surface area contributed by atoms with Gasteiger partial charge in [-0.25, -0.2) is 8.78 Å². The Labute approximate surface area is 121 Å². The van der Waals surface area contributed by atoms with Crippen molar-refractivity contribution in [3.63, 3.8) is 0 Å². The minimum absolute atomic E-state index is 0.00285. The Morgan fingerprint density at radius 2 is 1.81 bits per heavy atom. The first-order chi connectivity index (χ1) is 9.81. The highest BCUT2D eigenvalue weighted by molar-refractivity contribution is 5.92. The van der Waals surface area contributed by atoms with E-state index in [-0.39, 0.29) is 24.8 Å². The molecule has 1 atom stereocenters. The van der Waals surface area contributed by atoms with Gasteiger partial charge in [0, 0.05) is 17.8 Å². The maximum atomic E-state index is 13.0. The molecule has 0 radical (unpaired) electrons. The minimum atomic E-state index is -1.04. The second-order valence-corrected chi connectivity index (χ2v) is 4.76. The number of aliphatic carboxylic acids is 1. The van der Waals surface area contributed by atoms with Crippen LogP contribution in [0.4, 0.5) is 14.5 Å². The molecule has 2 N–H and O–H groups in total. The monoisotopic (exact) mass is 300 g/mol. The SMILES string of the molecule is CCC(C)N(CC(=O)O)CC(=O)Nc1cc(F)cc(F)c1. The maximum absolute atomic E-state index is 13.0. The average Bonchev–Trinajstić information content (AvgIpc) is 2.34. The third kappa shape index (κ3) is 5.86. The van der Waals surface area contributed by atoms with Crippen LogP contribution in [0.5, 0.6) is 0 Å². The van der Waals surface area contributed by atoms with E-state index in [0.717, 1.165) is 12.1 Å². The first-order valence-electron chi connectivity index (χ1n) is 6.53. The Kier molecular flexibility index (Phi) is 6.23. The van der Waals surface area contributed by atoms with Gasteiger partial charge in [0.05, 0.1) is 13.1 Å². The summed E-state index contributed by atoms with van der Waals surface area (Å²) in [5.41, 5.74) is -0.00285. The molecule has 0 aromatic heterocycles. The maximum Gasteiger partial charge on any atom is 0.317 e. The van der Waals surface area contributed by atoms with Crippen molar-refractivity contribution in [3.05, 3.63) is 29.8 Å². The fourth-order valence-electron chi connectivity index (χ4n) is 1.81. The number of carboxylic acid groups (broad SMARTS) is 1. The zero-order valence-electron chi connectivity index (χ0n) is 11.9. The molecule has 5 nitrogen and oxygen atoms in total. The van der Waals surface area contributed by atoms with Crippen molar-refractivity contribution in [1.82, 2.24) is 4.90 Å². The summed E-state index contributed by atoms with van der Waals surface area (Å²) in [4.78, 5) is 24.1. The van der Waals surface area contributed by atoms with Crippen LogP contribution in [-0.4, -0.2) is 41.0 Å². The molecule has 0 heterocycles. The lowest BCUT2D eigenvalue weighted by atomic mass is 10.2. The molecule has 0 aliphatic carbocycles. The normalized spacial score (nSPS) is 12.2. The molecule has 21 heavy (non-hydrogen) atoms. The first-order valence-corrected chi connectivity index (χ1v) is 6.53. The van der Waals surface area contributed by atoms with Crippen LogP contribution in [0.1, 0.15) is 20.3 Å². The lowest BCUT2D eigenvalue weighted by Crippen LogP contribution is -2.42. The highest BCUT2D eigenvalue weighted by Crippen LogP contribution is 2.13. The van der Waals surface area contributed by atoms with E-state index in [2.05, 4.69) is 5.32 Å². The molecule has 1 rings (SSSR count). The predicted octanol–water partition coefficient (Wildman–Crippen LogP) is 2.09. The van der Waals surface area contributed by atoms with Gasteiger partial charge < -0.3 is 10.4 Å². The summed E-state index contributed by atoms with van der Waals surface area (Å²) >= 11 is 0. The lowest BCUT2D eigenvalue weighted by Gasteiger charge is -2.25. The number of halogens is 2. The van der Waals surface area contributed by atoms with E-state index >= 15 is 0 Å². The molecule has 1 amide bonds. The van der Waals surface area contributed by atoms with E-state index < -0.39 is 23.5 Å². The number of carbonyl (C=O) groups excluding carboxylic acids is 1. The number of nitrogens with one attached hydrogen (secondary N) is 1. The van der Waals surface area contributed by atoms with Crippen molar-refractivity contribution >= 4 is 17.6 Å². The molecule has 0 bridgehead atoms. The van der Waals surface area contributed by atoms with Gasteiger partial charge in [0.15, 0.2) is 0 Å². The van der Waals surface area contributed by atoms with E-state index in [1.807, 2.05) is 6.92 Å². The van der Waals surface area contributed by atoms with E-state index in [4.69, 9.17) is 5.11 Å². The highest BCUT2D eigenvalue weighted by Gasteiger charge is 2.19. The summed E-state index contributed by atoms with van der Waals surface area (Å²) < 4.78 is 26.0. The summed E-state index contributed by atoms with van der Waals surface area (Å²) in [6.07, 6.45) is 0.676. The summed E-state index contributed by atoms with van der Waals surface area (Å²) in [6, 6.07) is 2.58. The number of anilines is 1. The molecule has 0 spiro atoms. The van der Waals surface area contributed by atoms with Gasteiger partial charge in [0.1, 0.15) is 11.6 Å². The van der Waals surface area contributed by atoms with Crippen LogP contribution < -0.4 is 5.32 Å². The Hall–Kier alpha value is -2.02. The summed E-state index contributed by atoms with van der Waals surface area (Å²) in [6.45, 7) is 3.23. The first kappa shape index (κ1) is 17.0. The molecular formula is C14H18F2N2O3. The van der Waals surface area contributed by atoms with Crippen LogP contribution in [0.3, 0.4) is 0 Å². The van der Waals surface area contributed by atoms with Gasteiger partial charge in [0.2, 0.25) is 5.91 Å². The van der Waals surface area contributed by atoms with Crippen molar-refractivity contribution in [1.29, 1.82) is 0 Å². The van der Waals surface area contributed by atoms with Crippen LogP contribution in [0, 0.1) is 11.6 Å². The Balaban J connectivity index is 2.70. The summed E-state index contributed by atoms with van der Waals surface area (Å²) in [5, 5.41) is 11.2. The molecule has 116 valence electrons. The lowest BCUT2D eigenvalue weighted by molar-refractivity contribution is -0.139. The molecule has 1 aromatic rings. The average molecular weight is 300 g/mol. The van der Waals surface area contributed by atoms with E-state index in [1.54, 1.807) is 6.92 Å². The standard InChI is InChI=1S/C14H18F2N2O3/c1-3-9(2)18(8-14(20)21)7-13(19)17-12-5-10(15)4-11(16)6-12/h4-6,9H,3,7-8H2,1-2H3,(H,17,19)(H,20,21). The van der Waals surface area contributed by atoms with Crippen LogP contribution >= 0.6 is 0 Å². The zero-order valence-corrected chi connectivity index (χ0v) is 11.9. The number of amides is 1. The third-order valence-corrected chi connectivity index (χ3v) is 3.05. The fourth-order valence-corrected chi connectivity index (χ4v) is 1.81. The Morgan fingerprint density at radius 1 is 1.24 bits per heavy atom. The Bertz CT molecular complexity index is 503. The molecule has 7 heteroatoms. The number of hydrogen-bond acceptors (Lipinski definition) is 3. The Morgan fingerprint density at radius 3 is 2.29 bits per heavy atom. The van der Waals surface area contributed by atoms with Gasteiger partial charge in [0.25, 0.3) is 0 Å². The number of carboxylic acids is 1. The molecule has 0 saturated carbocycles. The molecule has 1 aromatic carbocycles. The second kappa shape index (κ2) is 7.68. The minimum Gasteiger partial charge on any atom is -0.480 e. The molecule has 0 fully saturated rings. The van der Waals surface area contributed by atoms with E-state index in [9.17, 15) is 18.4 Å². The van der Waals surface area contributed by atoms with Gasteiger partial charge in [-0.05, 0) is 25.5 Å². The number of rotatable bonds is 7. The number of carbonyl (C=O) groups is 2. The number of nitrogens with zero attached hydrogens (tertiary/aromatic N) is 1. The zero-order chi connectivity index (χ0) is 16.0.